The zero-order valence-electron chi connectivity index (χ0n) is 10.4. The summed E-state index contributed by atoms with van der Waals surface area (Å²) in [6, 6.07) is 4.09. The molecule has 0 fully saturated rings. The molecule has 0 bridgehead atoms. The summed E-state index contributed by atoms with van der Waals surface area (Å²) in [5.41, 5.74) is 2.44. The van der Waals surface area contributed by atoms with Gasteiger partial charge in [0.05, 0.1) is 10.2 Å². The third-order valence-electron chi connectivity index (χ3n) is 1.54. The third kappa shape index (κ3) is 4.43. The highest BCUT2D eigenvalue weighted by Gasteiger charge is 1.96. The van der Waals surface area contributed by atoms with E-state index in [4.69, 9.17) is 0 Å². The van der Waals surface area contributed by atoms with Crippen molar-refractivity contribution in [2.24, 2.45) is 0 Å². The number of hydrogen-bond acceptors (Lipinski definition) is 2. The average Bonchev–Trinajstić information content (AvgIpc) is 2.71. The zero-order chi connectivity index (χ0) is 11.7. The summed E-state index contributed by atoms with van der Waals surface area (Å²) in [5, 5.41) is 2.07. The first-order valence-electron chi connectivity index (χ1n) is 5.58. The molecular formula is C13H21NS. The normalized spacial score (nSPS) is 8.60. The fourth-order valence-corrected chi connectivity index (χ4v) is 1.83. The van der Waals surface area contributed by atoms with Gasteiger partial charge in [0.25, 0.3) is 0 Å². The van der Waals surface area contributed by atoms with Gasteiger partial charge in [0.15, 0.2) is 0 Å². The zero-order valence-corrected chi connectivity index (χ0v) is 11.2. The van der Waals surface area contributed by atoms with Crippen molar-refractivity contribution >= 4 is 21.6 Å². The standard InChI is InChI=1S/C8H7NS.C3H8.C2H6/c1-6-2-4-9-7-3-5-10-8(6)7;1-3-2;1-2/h2-5H,1H3;3H2,1-2H3;1-2H3. The first-order chi connectivity index (χ1) is 7.29. The highest BCUT2D eigenvalue weighted by molar-refractivity contribution is 7.17. The van der Waals surface area contributed by atoms with Gasteiger partial charge in [-0.25, -0.2) is 0 Å². The van der Waals surface area contributed by atoms with Crippen LogP contribution in [0.25, 0.3) is 10.2 Å². The minimum absolute atomic E-state index is 1.12. The Kier molecular flexibility index (Phi) is 7.92. The molecule has 2 aromatic heterocycles. The van der Waals surface area contributed by atoms with Crippen LogP contribution in [0.1, 0.15) is 39.7 Å². The van der Waals surface area contributed by atoms with E-state index in [-0.39, 0.29) is 0 Å². The maximum Gasteiger partial charge on any atom is 0.0812 e. The van der Waals surface area contributed by atoms with Crippen molar-refractivity contribution in [2.45, 2.75) is 41.0 Å². The van der Waals surface area contributed by atoms with Crippen LogP contribution in [0.4, 0.5) is 0 Å². The molecule has 2 rings (SSSR count). The maximum atomic E-state index is 4.21. The van der Waals surface area contributed by atoms with Crippen molar-refractivity contribution in [1.82, 2.24) is 4.98 Å². The molecule has 84 valence electrons. The van der Waals surface area contributed by atoms with E-state index < -0.39 is 0 Å². The number of thiophene rings is 1. The highest BCUT2D eigenvalue weighted by Crippen LogP contribution is 2.21. The summed E-state index contributed by atoms with van der Waals surface area (Å²) >= 11 is 1.75. The van der Waals surface area contributed by atoms with E-state index in [2.05, 4.69) is 31.1 Å². The Hall–Kier alpha value is -0.890. The predicted octanol–water partition coefficient (Wildman–Crippen LogP) is 5.05. The lowest BCUT2D eigenvalue weighted by molar-refractivity contribution is 1.09. The molecule has 0 radical (unpaired) electrons. The highest BCUT2D eigenvalue weighted by atomic mass is 32.1. The van der Waals surface area contributed by atoms with Gasteiger partial charge in [0, 0.05) is 6.20 Å². The quantitative estimate of drug-likeness (QED) is 0.609. The second-order valence-electron chi connectivity index (χ2n) is 2.97. The predicted molar refractivity (Wildman–Crippen MR) is 71.7 cm³/mol. The molecule has 0 spiro atoms. The first-order valence-corrected chi connectivity index (χ1v) is 6.46. The number of nitrogens with zero attached hydrogens (tertiary/aromatic N) is 1. The number of aromatic nitrogens is 1. The van der Waals surface area contributed by atoms with E-state index in [1.54, 1.807) is 11.3 Å². The van der Waals surface area contributed by atoms with E-state index in [1.807, 2.05) is 32.2 Å². The lowest BCUT2D eigenvalue weighted by Gasteiger charge is -1.90. The Morgan fingerprint density at radius 1 is 1.20 bits per heavy atom. The first kappa shape index (κ1) is 14.1. The average molecular weight is 223 g/mol. The number of aryl methyl sites for hydroxylation is 1. The molecular weight excluding hydrogens is 202 g/mol. The molecule has 0 aliphatic carbocycles. The van der Waals surface area contributed by atoms with E-state index in [1.165, 1.54) is 16.7 Å². The molecule has 0 saturated heterocycles. The monoisotopic (exact) mass is 223 g/mol. The molecule has 2 heteroatoms. The molecule has 0 amide bonds. The van der Waals surface area contributed by atoms with E-state index >= 15 is 0 Å². The van der Waals surface area contributed by atoms with Crippen LogP contribution in [0.3, 0.4) is 0 Å². The molecule has 0 aliphatic heterocycles. The van der Waals surface area contributed by atoms with Crippen LogP contribution in [-0.2, 0) is 0 Å². The van der Waals surface area contributed by atoms with Crippen molar-refractivity contribution in [3.8, 4) is 0 Å². The van der Waals surface area contributed by atoms with Gasteiger partial charge < -0.3 is 0 Å². The minimum atomic E-state index is 1.12. The van der Waals surface area contributed by atoms with E-state index in [0.717, 1.165) is 5.52 Å². The largest absolute Gasteiger partial charge is 0.255 e. The van der Waals surface area contributed by atoms with Crippen LogP contribution in [-0.4, -0.2) is 4.98 Å². The van der Waals surface area contributed by atoms with Crippen LogP contribution in [0, 0.1) is 6.92 Å². The van der Waals surface area contributed by atoms with E-state index in [9.17, 15) is 0 Å². The molecule has 2 heterocycles. The van der Waals surface area contributed by atoms with Crippen molar-refractivity contribution in [1.29, 1.82) is 0 Å². The Morgan fingerprint density at radius 3 is 2.33 bits per heavy atom. The van der Waals surface area contributed by atoms with Crippen molar-refractivity contribution < 1.29 is 0 Å². The molecule has 1 nitrogen and oxygen atoms in total. The fourth-order valence-electron chi connectivity index (χ4n) is 1.00. The topological polar surface area (TPSA) is 12.9 Å². The van der Waals surface area contributed by atoms with Gasteiger partial charge in [-0.05, 0) is 30.0 Å². The molecule has 0 atom stereocenters. The van der Waals surface area contributed by atoms with Crippen molar-refractivity contribution in [3.63, 3.8) is 0 Å². The molecule has 0 aliphatic rings. The molecule has 2 aromatic rings. The van der Waals surface area contributed by atoms with Gasteiger partial charge in [0.2, 0.25) is 0 Å². The second kappa shape index (κ2) is 8.42. The van der Waals surface area contributed by atoms with Crippen molar-refractivity contribution in [2.75, 3.05) is 0 Å². The van der Waals surface area contributed by atoms with Gasteiger partial charge in [0.1, 0.15) is 0 Å². The summed E-state index contributed by atoms with van der Waals surface area (Å²) in [6.07, 6.45) is 3.10. The van der Waals surface area contributed by atoms with Gasteiger partial charge in [-0.1, -0.05) is 34.1 Å². The van der Waals surface area contributed by atoms with Crippen LogP contribution in [0.5, 0.6) is 0 Å². The Bertz CT molecular complexity index is 365. The molecule has 15 heavy (non-hydrogen) atoms. The summed E-state index contributed by atoms with van der Waals surface area (Å²) in [6.45, 7) is 10.4. The minimum Gasteiger partial charge on any atom is -0.255 e. The Morgan fingerprint density at radius 2 is 1.80 bits per heavy atom. The number of rotatable bonds is 0. The van der Waals surface area contributed by atoms with Crippen LogP contribution < -0.4 is 0 Å². The van der Waals surface area contributed by atoms with Crippen molar-refractivity contribution in [3.05, 3.63) is 29.3 Å². The molecule has 0 unspecified atom stereocenters. The smallest absolute Gasteiger partial charge is 0.0812 e. The second-order valence-corrected chi connectivity index (χ2v) is 3.89. The lowest BCUT2D eigenvalue weighted by Crippen LogP contribution is -1.73. The maximum absolute atomic E-state index is 4.21. The van der Waals surface area contributed by atoms with Gasteiger partial charge in [-0.15, -0.1) is 11.3 Å². The van der Waals surface area contributed by atoms with E-state index in [0.29, 0.717) is 0 Å². The molecule has 0 N–H and O–H groups in total. The fraction of sp³-hybridized carbons (Fsp3) is 0.462. The van der Waals surface area contributed by atoms with Crippen LogP contribution in [0.15, 0.2) is 23.7 Å². The van der Waals surface area contributed by atoms with Gasteiger partial charge in [-0.2, -0.15) is 0 Å². The SMILES string of the molecule is CC.CCC.Cc1ccnc2ccsc12. The third-order valence-corrected chi connectivity index (χ3v) is 2.58. The Labute approximate surface area is 97.2 Å². The number of pyridine rings is 1. The van der Waals surface area contributed by atoms with Gasteiger partial charge >= 0.3 is 0 Å². The summed E-state index contributed by atoms with van der Waals surface area (Å²) in [4.78, 5) is 4.21. The lowest BCUT2D eigenvalue weighted by atomic mass is 10.3. The number of fused-ring (bicyclic) bond motifs is 1. The Balaban J connectivity index is 0.000000342. The molecule has 0 saturated carbocycles. The summed E-state index contributed by atoms with van der Waals surface area (Å²) < 4.78 is 1.31. The molecule has 0 aromatic carbocycles. The van der Waals surface area contributed by atoms with Crippen LogP contribution in [0.2, 0.25) is 0 Å². The number of hydrogen-bond donors (Lipinski definition) is 0. The summed E-state index contributed by atoms with van der Waals surface area (Å²) in [5.74, 6) is 0. The van der Waals surface area contributed by atoms with Crippen LogP contribution >= 0.6 is 11.3 Å². The van der Waals surface area contributed by atoms with Gasteiger partial charge in [-0.3, -0.25) is 4.98 Å². The summed E-state index contributed by atoms with van der Waals surface area (Å²) in [7, 11) is 0.